The molecule has 0 aliphatic carbocycles. The number of carbonyl (C=O) groups excluding carboxylic acids is 1. The molecule has 1 aliphatic rings. The summed E-state index contributed by atoms with van der Waals surface area (Å²) in [6.07, 6.45) is 2.75. The van der Waals surface area contributed by atoms with Crippen LogP contribution >= 0.6 is 0 Å². The highest BCUT2D eigenvalue weighted by atomic mass is 32.2. The van der Waals surface area contributed by atoms with Gasteiger partial charge in [-0.1, -0.05) is 0 Å². The van der Waals surface area contributed by atoms with Gasteiger partial charge in [-0.15, -0.1) is 0 Å². The summed E-state index contributed by atoms with van der Waals surface area (Å²) in [6, 6.07) is 1.67. The van der Waals surface area contributed by atoms with Crippen molar-refractivity contribution in [3.05, 3.63) is 35.5 Å². The van der Waals surface area contributed by atoms with Gasteiger partial charge < -0.3 is 15.7 Å². The lowest BCUT2D eigenvalue weighted by molar-refractivity contribution is 0.0995. The van der Waals surface area contributed by atoms with Crippen molar-refractivity contribution in [1.82, 2.24) is 19.7 Å². The van der Waals surface area contributed by atoms with E-state index in [0.29, 0.717) is 31.1 Å². The highest BCUT2D eigenvalue weighted by Gasteiger charge is 2.24. The molecule has 0 saturated heterocycles. The lowest BCUT2D eigenvalue weighted by atomic mass is 10.2. The molecule has 0 bridgehead atoms. The quantitative estimate of drug-likeness (QED) is 0.676. The molecule has 2 aromatic heterocycles. The highest BCUT2D eigenvalue weighted by Crippen LogP contribution is 2.22. The Morgan fingerprint density at radius 2 is 2.16 bits per heavy atom. The van der Waals surface area contributed by atoms with E-state index < -0.39 is 21.8 Å². The van der Waals surface area contributed by atoms with Gasteiger partial charge in [0.2, 0.25) is 0 Å². The third kappa shape index (κ3) is 3.94. The second-order valence-corrected chi connectivity index (χ2v) is 8.13. The lowest BCUT2D eigenvalue weighted by Crippen LogP contribution is -2.34. The van der Waals surface area contributed by atoms with Crippen molar-refractivity contribution in [2.45, 2.75) is 19.2 Å². The van der Waals surface area contributed by atoms with Crippen LogP contribution in [0.2, 0.25) is 0 Å². The van der Waals surface area contributed by atoms with Gasteiger partial charge in [0.15, 0.2) is 0 Å². The van der Waals surface area contributed by atoms with Crippen molar-refractivity contribution < 1.29 is 18.3 Å². The van der Waals surface area contributed by atoms with Gasteiger partial charge in [0, 0.05) is 12.8 Å². The van der Waals surface area contributed by atoms with Crippen molar-refractivity contribution in [3.63, 3.8) is 0 Å². The Morgan fingerprint density at radius 1 is 1.40 bits per heavy atom. The number of sulfone groups is 1. The minimum absolute atomic E-state index is 0.0841. The number of primary amides is 1. The van der Waals surface area contributed by atoms with Gasteiger partial charge in [-0.05, 0) is 6.07 Å². The third-order valence-corrected chi connectivity index (χ3v) is 4.74. The lowest BCUT2D eigenvalue weighted by Gasteiger charge is -2.28. The van der Waals surface area contributed by atoms with Crippen LogP contribution in [0.4, 0.5) is 5.82 Å². The average Bonchev–Trinajstić information content (AvgIpc) is 2.96. The van der Waals surface area contributed by atoms with E-state index in [-0.39, 0.29) is 11.4 Å². The number of nitrogens with two attached hydrogens (primary N) is 1. The number of rotatable bonds is 5. The Morgan fingerprint density at radius 3 is 2.84 bits per heavy atom. The molecule has 0 saturated carbocycles. The summed E-state index contributed by atoms with van der Waals surface area (Å²) < 4.78 is 24.4. The summed E-state index contributed by atoms with van der Waals surface area (Å²) in [5.41, 5.74) is 6.43. The van der Waals surface area contributed by atoms with E-state index >= 15 is 0 Å². The first-order valence-electron chi connectivity index (χ1n) is 7.52. The van der Waals surface area contributed by atoms with E-state index in [1.54, 1.807) is 10.7 Å². The van der Waals surface area contributed by atoms with E-state index in [9.17, 15) is 18.3 Å². The van der Waals surface area contributed by atoms with Crippen LogP contribution in [-0.2, 0) is 22.9 Å². The fraction of sp³-hybridized carbons (Fsp3) is 0.429. The largest absolute Gasteiger partial charge is 0.386 e. The topological polar surface area (TPSA) is 144 Å². The van der Waals surface area contributed by atoms with Crippen LogP contribution in [0.5, 0.6) is 0 Å². The Bertz CT molecular complexity index is 910. The third-order valence-electron chi connectivity index (χ3n) is 3.82. The number of aliphatic hydroxyl groups is 1. The maximum Gasteiger partial charge on any atom is 0.268 e. The van der Waals surface area contributed by atoms with Crippen molar-refractivity contribution in [1.29, 1.82) is 0 Å². The van der Waals surface area contributed by atoms with Crippen molar-refractivity contribution in [3.8, 4) is 0 Å². The average molecular weight is 366 g/mol. The molecule has 0 fully saturated rings. The van der Waals surface area contributed by atoms with Crippen LogP contribution in [-0.4, -0.2) is 57.7 Å². The first-order chi connectivity index (χ1) is 11.7. The van der Waals surface area contributed by atoms with E-state index in [4.69, 9.17) is 5.73 Å². The zero-order chi connectivity index (χ0) is 18.2. The number of nitrogens with zero attached hydrogens (tertiary/aromatic N) is 5. The normalized spacial score (nSPS) is 15.7. The molecule has 1 atom stereocenters. The molecule has 0 unspecified atom stereocenters. The minimum atomic E-state index is -3.31. The molecule has 134 valence electrons. The van der Waals surface area contributed by atoms with Crippen molar-refractivity contribution >= 4 is 21.6 Å². The molecule has 25 heavy (non-hydrogen) atoms. The maximum atomic E-state index is 11.3. The van der Waals surface area contributed by atoms with Crippen LogP contribution in [0.15, 0.2) is 18.5 Å². The van der Waals surface area contributed by atoms with Crippen molar-refractivity contribution in [2.24, 2.45) is 5.73 Å². The van der Waals surface area contributed by atoms with Gasteiger partial charge in [-0.3, -0.25) is 14.5 Å². The molecule has 0 aromatic carbocycles. The van der Waals surface area contributed by atoms with E-state index in [1.165, 1.54) is 12.4 Å². The maximum absolute atomic E-state index is 11.3. The predicted molar refractivity (Wildman–Crippen MR) is 88.5 cm³/mol. The first-order valence-corrected chi connectivity index (χ1v) is 9.58. The molecule has 2 aromatic rings. The molecule has 3 heterocycles. The smallest absolute Gasteiger partial charge is 0.268 e. The zero-order valence-electron chi connectivity index (χ0n) is 13.5. The molecule has 11 heteroatoms. The summed E-state index contributed by atoms with van der Waals surface area (Å²) in [5.74, 6) is -0.510. The number of aliphatic hydroxyl groups excluding tert-OH is 1. The molecular weight excluding hydrogens is 348 g/mol. The molecule has 0 spiro atoms. The fourth-order valence-electron chi connectivity index (χ4n) is 2.65. The molecular formula is C14H18N6O4S. The highest BCUT2D eigenvalue weighted by molar-refractivity contribution is 7.90. The number of hydrogen-bond acceptors (Lipinski definition) is 8. The van der Waals surface area contributed by atoms with E-state index in [0.717, 1.165) is 11.9 Å². The van der Waals surface area contributed by atoms with Gasteiger partial charge in [-0.25, -0.2) is 13.4 Å². The van der Waals surface area contributed by atoms with Crippen molar-refractivity contribution in [2.75, 3.05) is 23.5 Å². The van der Waals surface area contributed by atoms with E-state index in [1.807, 2.05) is 4.90 Å². The molecule has 10 nitrogen and oxygen atoms in total. The zero-order valence-corrected chi connectivity index (χ0v) is 14.3. The number of amides is 1. The summed E-state index contributed by atoms with van der Waals surface area (Å²) in [6.45, 7) is 1.55. The van der Waals surface area contributed by atoms with Crippen LogP contribution in [0, 0.1) is 0 Å². The Labute approximate surface area is 144 Å². The molecule has 3 rings (SSSR count). The predicted octanol–water partition coefficient (Wildman–Crippen LogP) is -1.13. The van der Waals surface area contributed by atoms with Crippen LogP contribution in [0.3, 0.4) is 0 Å². The van der Waals surface area contributed by atoms with Crippen LogP contribution in [0.1, 0.15) is 28.0 Å². The Hall–Kier alpha value is -2.53. The monoisotopic (exact) mass is 366 g/mol. The number of carbonyl (C=O) groups is 1. The summed E-state index contributed by atoms with van der Waals surface area (Å²) >= 11 is 0. The van der Waals surface area contributed by atoms with E-state index in [2.05, 4.69) is 15.1 Å². The van der Waals surface area contributed by atoms with Crippen LogP contribution in [0.25, 0.3) is 0 Å². The SMILES string of the molecule is CS(=O)(=O)C[C@H](O)c1cc2n(n1)CCN(c1cncc(C(N)=O)n1)C2. The van der Waals surface area contributed by atoms with Gasteiger partial charge in [-0.2, -0.15) is 5.10 Å². The van der Waals surface area contributed by atoms with Gasteiger partial charge in [0.25, 0.3) is 5.91 Å². The second-order valence-electron chi connectivity index (χ2n) is 5.94. The standard InChI is InChI=1S/C14H18N6O4S/c1-25(23,24)8-12(21)10-4-9-7-19(2-3-20(9)18-10)13-6-16-5-11(17-13)14(15)22/h4-6,12,21H,2-3,7-8H2,1H3,(H2,15,22)/t12-/m0/s1. The molecule has 3 N–H and O–H groups in total. The fourth-order valence-corrected chi connectivity index (χ4v) is 3.39. The summed E-state index contributed by atoms with van der Waals surface area (Å²) in [5, 5.41) is 14.3. The van der Waals surface area contributed by atoms with Gasteiger partial charge in [0.1, 0.15) is 27.5 Å². The molecule has 1 aliphatic heterocycles. The number of fused-ring (bicyclic) bond motifs is 1. The second kappa shape index (κ2) is 6.41. The Balaban J connectivity index is 1.80. The molecule has 1 amide bonds. The first kappa shape index (κ1) is 17.3. The minimum Gasteiger partial charge on any atom is -0.386 e. The number of anilines is 1. The number of hydrogen-bond donors (Lipinski definition) is 2. The van der Waals surface area contributed by atoms with Gasteiger partial charge in [0.05, 0.1) is 42.6 Å². The molecule has 0 radical (unpaired) electrons. The van der Waals surface area contributed by atoms with Gasteiger partial charge >= 0.3 is 0 Å². The Kier molecular flexibility index (Phi) is 4.43. The summed E-state index contributed by atoms with van der Waals surface area (Å²) in [4.78, 5) is 21.3. The number of aromatic nitrogens is 4. The summed E-state index contributed by atoms with van der Waals surface area (Å²) in [7, 11) is -3.31. The van der Waals surface area contributed by atoms with Crippen LogP contribution < -0.4 is 10.6 Å².